The second-order valence-electron chi connectivity index (χ2n) is 8.68. The zero-order chi connectivity index (χ0) is 24.9. The van der Waals surface area contributed by atoms with E-state index in [1.807, 2.05) is 26.1 Å². The zero-order valence-corrected chi connectivity index (χ0v) is 20.8. The zero-order valence-electron chi connectivity index (χ0n) is 19.3. The van der Waals surface area contributed by atoms with Crippen LogP contribution in [0.2, 0.25) is 10.0 Å². The number of fused-ring (bicyclic) bond motifs is 1. The van der Waals surface area contributed by atoms with E-state index >= 15 is 0 Å². The molecule has 0 atom stereocenters. The summed E-state index contributed by atoms with van der Waals surface area (Å²) >= 11 is 12.3. The van der Waals surface area contributed by atoms with Crippen molar-refractivity contribution in [1.82, 2.24) is 5.32 Å². The summed E-state index contributed by atoms with van der Waals surface area (Å²) in [6.45, 7) is 6.23. The summed E-state index contributed by atoms with van der Waals surface area (Å²) in [7, 11) is 3.51. The van der Waals surface area contributed by atoms with E-state index in [1.54, 1.807) is 6.07 Å². The highest BCUT2D eigenvalue weighted by Gasteiger charge is 2.38. The van der Waals surface area contributed by atoms with Crippen LogP contribution in [0.5, 0.6) is 5.75 Å². The van der Waals surface area contributed by atoms with Gasteiger partial charge in [-0.25, -0.2) is 9.69 Å². The molecule has 2 aliphatic heterocycles. The number of anilines is 2. The van der Waals surface area contributed by atoms with Crippen molar-refractivity contribution in [3.8, 4) is 5.75 Å². The lowest BCUT2D eigenvalue weighted by Crippen LogP contribution is -2.54. The fourth-order valence-electron chi connectivity index (χ4n) is 4.18. The fourth-order valence-corrected chi connectivity index (χ4v) is 4.56. The molecule has 1 saturated heterocycles. The second kappa shape index (κ2) is 8.49. The minimum atomic E-state index is -0.906. The molecule has 0 radical (unpaired) electrons. The van der Waals surface area contributed by atoms with E-state index in [-0.39, 0.29) is 26.8 Å². The number of ether oxygens (including phenoxy) is 1. The van der Waals surface area contributed by atoms with Gasteiger partial charge in [0, 0.05) is 29.9 Å². The van der Waals surface area contributed by atoms with Crippen molar-refractivity contribution in [3.05, 3.63) is 63.2 Å². The highest BCUT2D eigenvalue weighted by atomic mass is 35.5. The average molecular weight is 500 g/mol. The van der Waals surface area contributed by atoms with Gasteiger partial charge in [0.2, 0.25) is 0 Å². The summed E-state index contributed by atoms with van der Waals surface area (Å²) in [6.07, 6.45) is 3.57. The molecule has 4 amide bonds. The molecule has 9 heteroatoms. The van der Waals surface area contributed by atoms with E-state index in [0.29, 0.717) is 11.3 Å². The largest absolute Gasteiger partial charge is 0.496 e. The molecule has 2 aliphatic rings. The Kier molecular flexibility index (Phi) is 5.96. The smallest absolute Gasteiger partial charge is 0.336 e. The average Bonchev–Trinajstić information content (AvgIpc) is 2.77. The number of methoxy groups -OCH3 is 1. The maximum atomic E-state index is 13.3. The Bertz CT molecular complexity index is 1310. The summed E-state index contributed by atoms with van der Waals surface area (Å²) in [4.78, 5) is 41.5. The van der Waals surface area contributed by atoms with Gasteiger partial charge in [0.25, 0.3) is 11.8 Å². The fraction of sp³-hybridized carbons (Fsp3) is 0.240. The van der Waals surface area contributed by atoms with Crippen molar-refractivity contribution >= 4 is 64.1 Å². The van der Waals surface area contributed by atoms with E-state index in [4.69, 9.17) is 27.9 Å². The number of allylic oxidation sites excluding steroid dienone is 1. The van der Waals surface area contributed by atoms with Crippen LogP contribution < -0.4 is 19.9 Å². The van der Waals surface area contributed by atoms with Crippen LogP contribution in [-0.2, 0) is 9.59 Å². The van der Waals surface area contributed by atoms with E-state index in [2.05, 4.69) is 30.1 Å². The number of benzene rings is 2. The summed E-state index contributed by atoms with van der Waals surface area (Å²) in [5.74, 6) is -1.15. The van der Waals surface area contributed by atoms with Crippen LogP contribution in [-0.4, -0.2) is 37.5 Å². The number of halogens is 2. The maximum absolute atomic E-state index is 13.3. The number of rotatable bonds is 3. The monoisotopic (exact) mass is 499 g/mol. The molecule has 2 aromatic rings. The third kappa shape index (κ3) is 3.85. The van der Waals surface area contributed by atoms with Crippen molar-refractivity contribution in [1.29, 1.82) is 0 Å². The van der Waals surface area contributed by atoms with Crippen LogP contribution in [0.1, 0.15) is 31.9 Å². The molecule has 0 aromatic heterocycles. The number of likely N-dealkylation sites (N-methyl/N-ethyl adjacent to an activating group) is 1. The highest BCUT2D eigenvalue weighted by molar-refractivity contribution is 6.46. The number of amides is 4. The Morgan fingerprint density at radius 3 is 2.47 bits per heavy atom. The molecule has 176 valence electrons. The Labute approximate surface area is 207 Å². The quantitative estimate of drug-likeness (QED) is 0.457. The van der Waals surface area contributed by atoms with Gasteiger partial charge in [-0.3, -0.25) is 14.9 Å². The van der Waals surface area contributed by atoms with Crippen molar-refractivity contribution in [2.75, 3.05) is 24.0 Å². The highest BCUT2D eigenvalue weighted by Crippen LogP contribution is 2.42. The first-order chi connectivity index (χ1) is 16.0. The van der Waals surface area contributed by atoms with Crippen LogP contribution in [0.25, 0.3) is 11.6 Å². The summed E-state index contributed by atoms with van der Waals surface area (Å²) in [6, 6.07) is 7.41. The standard InChI is InChI=1S/C25H23Cl2N3O4/c1-13-12-25(2,3)29(4)19-11-20(34-5)14(9-15(13)19)10-16-22(31)28-24(33)30(23(16)32)18-8-6-7-17(26)21(18)27/h6-12H,1-5H3,(H,28,31,33)/b16-10-. The lowest BCUT2D eigenvalue weighted by Gasteiger charge is -2.41. The van der Waals surface area contributed by atoms with Gasteiger partial charge in [0.15, 0.2) is 0 Å². The first kappa shape index (κ1) is 23.9. The molecule has 0 aliphatic carbocycles. The maximum Gasteiger partial charge on any atom is 0.336 e. The third-order valence-corrected chi connectivity index (χ3v) is 6.95. The first-order valence-electron chi connectivity index (χ1n) is 10.5. The third-order valence-electron chi connectivity index (χ3n) is 6.14. The molecule has 0 spiro atoms. The molecule has 2 heterocycles. The summed E-state index contributed by atoms with van der Waals surface area (Å²) in [5.41, 5.74) is 3.14. The predicted octanol–water partition coefficient (Wildman–Crippen LogP) is 5.30. The van der Waals surface area contributed by atoms with Crippen molar-refractivity contribution in [2.24, 2.45) is 0 Å². The molecule has 0 unspecified atom stereocenters. The number of nitrogens with one attached hydrogen (secondary N) is 1. The lowest BCUT2D eigenvalue weighted by atomic mass is 9.88. The number of imide groups is 2. The van der Waals surface area contributed by atoms with Gasteiger partial charge in [0.1, 0.15) is 11.3 Å². The number of urea groups is 1. The number of carbonyl (C=O) groups is 3. The van der Waals surface area contributed by atoms with Gasteiger partial charge < -0.3 is 9.64 Å². The van der Waals surface area contributed by atoms with E-state index in [9.17, 15) is 14.4 Å². The molecule has 1 fully saturated rings. The number of hydrogen-bond acceptors (Lipinski definition) is 5. The van der Waals surface area contributed by atoms with Gasteiger partial charge in [0.05, 0.1) is 28.4 Å². The molecular weight excluding hydrogens is 477 g/mol. The Balaban J connectivity index is 1.84. The molecule has 0 bridgehead atoms. The molecule has 4 rings (SSSR count). The molecular formula is C25H23Cl2N3O4. The van der Waals surface area contributed by atoms with Crippen LogP contribution in [0.3, 0.4) is 0 Å². The number of hydrogen-bond donors (Lipinski definition) is 1. The lowest BCUT2D eigenvalue weighted by molar-refractivity contribution is -0.122. The summed E-state index contributed by atoms with van der Waals surface area (Å²) < 4.78 is 5.59. The van der Waals surface area contributed by atoms with Gasteiger partial charge in [-0.05, 0) is 50.6 Å². The number of nitrogens with zero attached hydrogens (tertiary/aromatic N) is 2. The molecule has 34 heavy (non-hydrogen) atoms. The normalized spacial score (nSPS) is 18.6. The number of barbiturate groups is 1. The molecule has 2 aromatic carbocycles. The van der Waals surface area contributed by atoms with E-state index in [1.165, 1.54) is 25.3 Å². The molecule has 7 nitrogen and oxygen atoms in total. The Hall–Kier alpha value is -3.29. The van der Waals surface area contributed by atoms with Crippen molar-refractivity contribution in [2.45, 2.75) is 26.3 Å². The SMILES string of the molecule is COc1cc2c(cc1/C=C1/C(=O)NC(=O)N(c3cccc(Cl)c3Cl)C1=O)C(C)=CC(C)(C)N2C. The topological polar surface area (TPSA) is 79.0 Å². The van der Waals surface area contributed by atoms with Gasteiger partial charge in [-0.2, -0.15) is 0 Å². The van der Waals surface area contributed by atoms with E-state index < -0.39 is 17.8 Å². The van der Waals surface area contributed by atoms with E-state index in [0.717, 1.165) is 21.7 Å². The van der Waals surface area contributed by atoms with Crippen molar-refractivity contribution < 1.29 is 19.1 Å². The second-order valence-corrected chi connectivity index (χ2v) is 9.47. The van der Waals surface area contributed by atoms with Crippen LogP contribution in [0.4, 0.5) is 16.2 Å². The van der Waals surface area contributed by atoms with Gasteiger partial charge >= 0.3 is 6.03 Å². The molecule has 0 saturated carbocycles. The first-order valence-corrected chi connectivity index (χ1v) is 11.2. The minimum Gasteiger partial charge on any atom is -0.496 e. The van der Waals surface area contributed by atoms with Crippen LogP contribution >= 0.6 is 23.2 Å². The van der Waals surface area contributed by atoms with Crippen LogP contribution in [0, 0.1) is 0 Å². The van der Waals surface area contributed by atoms with Gasteiger partial charge in [-0.15, -0.1) is 0 Å². The van der Waals surface area contributed by atoms with Crippen molar-refractivity contribution in [3.63, 3.8) is 0 Å². The van der Waals surface area contributed by atoms with Crippen LogP contribution in [0.15, 0.2) is 42.0 Å². The Morgan fingerprint density at radius 2 is 1.79 bits per heavy atom. The summed E-state index contributed by atoms with van der Waals surface area (Å²) in [5, 5.41) is 2.40. The van der Waals surface area contributed by atoms with Gasteiger partial charge in [-0.1, -0.05) is 35.3 Å². The Morgan fingerprint density at radius 1 is 1.09 bits per heavy atom. The number of carbonyl (C=O) groups excluding carboxylic acids is 3. The predicted molar refractivity (Wildman–Crippen MR) is 135 cm³/mol. The minimum absolute atomic E-state index is 0.0270. The molecule has 1 N–H and O–H groups in total.